The Morgan fingerprint density at radius 3 is 2.32 bits per heavy atom. The van der Waals surface area contributed by atoms with Gasteiger partial charge in [0.15, 0.2) is 0 Å². The summed E-state index contributed by atoms with van der Waals surface area (Å²) in [6.45, 7) is 2.96. The Morgan fingerprint density at radius 1 is 0.864 bits per heavy atom. The second kappa shape index (κ2) is 7.01. The van der Waals surface area contributed by atoms with Crippen molar-refractivity contribution in [2.24, 2.45) is 0 Å². The monoisotopic (exact) mass is 288 g/mol. The predicted molar refractivity (Wildman–Crippen MR) is 90.5 cm³/mol. The van der Waals surface area contributed by atoms with Crippen molar-refractivity contribution in [2.75, 3.05) is 0 Å². The lowest BCUT2D eigenvalue weighted by atomic mass is 9.98. The summed E-state index contributed by atoms with van der Waals surface area (Å²) in [6.07, 6.45) is 1.85. The van der Waals surface area contributed by atoms with Crippen molar-refractivity contribution in [3.8, 4) is 0 Å². The van der Waals surface area contributed by atoms with Gasteiger partial charge in [-0.05, 0) is 35.7 Å². The van der Waals surface area contributed by atoms with Crippen LogP contribution in [0.2, 0.25) is 0 Å². The van der Waals surface area contributed by atoms with Gasteiger partial charge >= 0.3 is 0 Å². The molecule has 1 heterocycles. The van der Waals surface area contributed by atoms with Crippen molar-refractivity contribution in [2.45, 2.75) is 19.5 Å². The van der Waals surface area contributed by atoms with E-state index in [1.54, 1.807) is 0 Å². The van der Waals surface area contributed by atoms with Crippen LogP contribution in [0.5, 0.6) is 0 Å². The van der Waals surface area contributed by atoms with E-state index in [0.29, 0.717) is 0 Å². The first-order valence-corrected chi connectivity index (χ1v) is 7.58. The summed E-state index contributed by atoms with van der Waals surface area (Å²) in [6, 6.07) is 25.1. The molecule has 0 bridgehead atoms. The van der Waals surface area contributed by atoms with E-state index in [4.69, 9.17) is 0 Å². The van der Waals surface area contributed by atoms with Gasteiger partial charge in [-0.3, -0.25) is 4.98 Å². The number of hydrogen-bond donors (Lipinski definition) is 1. The van der Waals surface area contributed by atoms with Gasteiger partial charge in [0.25, 0.3) is 0 Å². The van der Waals surface area contributed by atoms with Crippen LogP contribution in [0.25, 0.3) is 0 Å². The minimum atomic E-state index is 0.0996. The topological polar surface area (TPSA) is 24.9 Å². The molecule has 2 aromatic carbocycles. The van der Waals surface area contributed by atoms with Gasteiger partial charge in [-0.2, -0.15) is 0 Å². The Labute approximate surface area is 131 Å². The van der Waals surface area contributed by atoms with Crippen molar-refractivity contribution in [3.63, 3.8) is 0 Å². The lowest BCUT2D eigenvalue weighted by molar-refractivity contribution is 0.589. The van der Waals surface area contributed by atoms with E-state index in [0.717, 1.165) is 12.2 Å². The summed E-state index contributed by atoms with van der Waals surface area (Å²) in [5.41, 5.74) is 4.88. The van der Waals surface area contributed by atoms with Crippen LogP contribution >= 0.6 is 0 Å². The number of pyridine rings is 1. The highest BCUT2D eigenvalue weighted by atomic mass is 14.9. The Kier molecular flexibility index (Phi) is 4.62. The van der Waals surface area contributed by atoms with Crippen molar-refractivity contribution >= 4 is 0 Å². The van der Waals surface area contributed by atoms with Gasteiger partial charge in [0.2, 0.25) is 0 Å². The highest BCUT2D eigenvalue weighted by Crippen LogP contribution is 2.23. The van der Waals surface area contributed by atoms with Crippen LogP contribution in [0, 0.1) is 6.92 Å². The number of rotatable bonds is 5. The normalized spacial score (nSPS) is 12.0. The molecule has 3 rings (SSSR count). The zero-order valence-corrected chi connectivity index (χ0v) is 12.7. The third kappa shape index (κ3) is 3.41. The molecular formula is C20H20N2. The van der Waals surface area contributed by atoms with Crippen LogP contribution in [0.3, 0.4) is 0 Å². The molecule has 1 aromatic heterocycles. The van der Waals surface area contributed by atoms with E-state index in [-0.39, 0.29) is 6.04 Å². The number of aryl methyl sites for hydroxylation is 1. The van der Waals surface area contributed by atoms with Crippen molar-refractivity contribution in [1.29, 1.82) is 0 Å². The van der Waals surface area contributed by atoms with E-state index in [9.17, 15) is 0 Å². The Bertz CT molecular complexity index is 708. The first kappa shape index (κ1) is 14.5. The molecule has 0 radical (unpaired) electrons. The van der Waals surface area contributed by atoms with Crippen LogP contribution in [0.15, 0.2) is 79.0 Å². The van der Waals surface area contributed by atoms with Crippen molar-refractivity contribution < 1.29 is 0 Å². The summed E-state index contributed by atoms with van der Waals surface area (Å²) in [5.74, 6) is 0. The SMILES string of the molecule is Cc1ccccc1[C@H](NCc1ccccc1)c1ccccn1. The molecule has 2 nitrogen and oxygen atoms in total. The summed E-state index contributed by atoms with van der Waals surface area (Å²) in [7, 11) is 0. The zero-order valence-electron chi connectivity index (χ0n) is 12.7. The number of nitrogens with one attached hydrogen (secondary N) is 1. The van der Waals surface area contributed by atoms with Crippen molar-refractivity contribution in [3.05, 3.63) is 101 Å². The van der Waals surface area contributed by atoms with Gasteiger partial charge in [-0.25, -0.2) is 0 Å². The van der Waals surface area contributed by atoms with E-state index in [2.05, 4.69) is 71.8 Å². The Balaban J connectivity index is 1.89. The van der Waals surface area contributed by atoms with Crippen molar-refractivity contribution in [1.82, 2.24) is 10.3 Å². The molecule has 1 N–H and O–H groups in total. The number of nitrogens with zero attached hydrogens (tertiary/aromatic N) is 1. The fourth-order valence-corrected chi connectivity index (χ4v) is 2.65. The van der Waals surface area contributed by atoms with Crippen LogP contribution in [-0.2, 0) is 6.54 Å². The maximum absolute atomic E-state index is 4.55. The average Bonchev–Trinajstić information content (AvgIpc) is 2.58. The molecule has 0 saturated carbocycles. The lowest BCUT2D eigenvalue weighted by Crippen LogP contribution is -2.23. The highest BCUT2D eigenvalue weighted by molar-refractivity contribution is 5.34. The first-order chi connectivity index (χ1) is 10.8. The molecule has 0 spiro atoms. The van der Waals surface area contributed by atoms with Crippen LogP contribution < -0.4 is 5.32 Å². The minimum Gasteiger partial charge on any atom is -0.301 e. The molecule has 2 heteroatoms. The lowest BCUT2D eigenvalue weighted by Gasteiger charge is -2.21. The van der Waals surface area contributed by atoms with Gasteiger partial charge in [-0.1, -0.05) is 60.7 Å². The molecule has 0 aliphatic heterocycles. The number of hydrogen-bond acceptors (Lipinski definition) is 2. The second-order valence-corrected chi connectivity index (χ2v) is 5.41. The number of aromatic nitrogens is 1. The first-order valence-electron chi connectivity index (χ1n) is 7.58. The molecule has 0 amide bonds. The standard InChI is InChI=1S/C20H20N2/c1-16-9-5-6-12-18(16)20(19-13-7-8-14-21-19)22-15-17-10-3-2-4-11-17/h2-14,20,22H,15H2,1H3/t20-/m0/s1. The molecule has 110 valence electrons. The molecular weight excluding hydrogens is 268 g/mol. The van der Waals surface area contributed by atoms with Gasteiger partial charge < -0.3 is 5.32 Å². The predicted octanol–water partition coefficient (Wildman–Crippen LogP) is 4.27. The van der Waals surface area contributed by atoms with E-state index in [1.807, 2.05) is 24.4 Å². The fraction of sp³-hybridized carbons (Fsp3) is 0.150. The van der Waals surface area contributed by atoms with Crippen LogP contribution in [0.1, 0.15) is 28.4 Å². The third-order valence-corrected chi connectivity index (χ3v) is 3.84. The summed E-state index contributed by atoms with van der Waals surface area (Å²) < 4.78 is 0. The molecule has 0 unspecified atom stereocenters. The van der Waals surface area contributed by atoms with Gasteiger partial charge in [0.05, 0.1) is 11.7 Å². The summed E-state index contributed by atoms with van der Waals surface area (Å²) in [4.78, 5) is 4.55. The van der Waals surface area contributed by atoms with E-state index in [1.165, 1.54) is 16.7 Å². The Morgan fingerprint density at radius 2 is 1.59 bits per heavy atom. The molecule has 0 aliphatic carbocycles. The van der Waals surface area contributed by atoms with E-state index < -0.39 is 0 Å². The summed E-state index contributed by atoms with van der Waals surface area (Å²) in [5, 5.41) is 3.65. The van der Waals surface area contributed by atoms with Crippen LogP contribution in [0.4, 0.5) is 0 Å². The molecule has 1 atom stereocenters. The van der Waals surface area contributed by atoms with Gasteiger partial charge in [0.1, 0.15) is 0 Å². The zero-order chi connectivity index (χ0) is 15.2. The number of benzene rings is 2. The minimum absolute atomic E-state index is 0.0996. The highest BCUT2D eigenvalue weighted by Gasteiger charge is 2.16. The molecule has 0 fully saturated rings. The third-order valence-electron chi connectivity index (χ3n) is 3.84. The van der Waals surface area contributed by atoms with Gasteiger partial charge in [-0.15, -0.1) is 0 Å². The quantitative estimate of drug-likeness (QED) is 0.758. The maximum atomic E-state index is 4.55. The molecule has 3 aromatic rings. The largest absolute Gasteiger partial charge is 0.301 e. The van der Waals surface area contributed by atoms with E-state index >= 15 is 0 Å². The summed E-state index contributed by atoms with van der Waals surface area (Å²) >= 11 is 0. The Hall–Kier alpha value is -2.45. The molecule has 0 saturated heterocycles. The second-order valence-electron chi connectivity index (χ2n) is 5.41. The molecule has 22 heavy (non-hydrogen) atoms. The molecule has 0 aliphatic rings. The van der Waals surface area contributed by atoms with Gasteiger partial charge in [0, 0.05) is 12.7 Å². The maximum Gasteiger partial charge on any atom is 0.0756 e. The average molecular weight is 288 g/mol. The fourth-order valence-electron chi connectivity index (χ4n) is 2.65. The van der Waals surface area contributed by atoms with Crippen LogP contribution in [-0.4, -0.2) is 4.98 Å². The smallest absolute Gasteiger partial charge is 0.0756 e.